The molecule has 1 aliphatic heterocycles. The molecule has 0 aromatic rings. The van der Waals surface area contributed by atoms with Gasteiger partial charge in [0.1, 0.15) is 0 Å². The Morgan fingerprint density at radius 1 is 1.38 bits per heavy atom. The second kappa shape index (κ2) is 6.38. The van der Waals surface area contributed by atoms with Crippen LogP contribution in [0, 0.1) is 0 Å². The lowest BCUT2D eigenvalue weighted by atomic mass is 10.1. The topological polar surface area (TPSA) is 18.5 Å². The van der Waals surface area contributed by atoms with Gasteiger partial charge in [-0.1, -0.05) is 6.08 Å². The summed E-state index contributed by atoms with van der Waals surface area (Å²) in [6.07, 6.45) is 1.92. The summed E-state index contributed by atoms with van der Waals surface area (Å²) in [6, 6.07) is 1.93. The fraction of sp³-hybridized carbons (Fsp3) is 0.846. The van der Waals surface area contributed by atoms with Crippen LogP contribution in [0.3, 0.4) is 0 Å². The molecule has 3 atom stereocenters. The van der Waals surface area contributed by atoms with Crippen LogP contribution in [0.25, 0.3) is 0 Å². The normalized spacial score (nSPS) is 30.2. The standard InChI is InChI=1S/C13H27N3/c1-6-7-14-8-11(2)16-9-12(3)15(5)13(4)10-16/h6,11-14H,1,7-10H2,2-5H3. The Morgan fingerprint density at radius 3 is 2.44 bits per heavy atom. The lowest BCUT2D eigenvalue weighted by Crippen LogP contribution is -2.58. The summed E-state index contributed by atoms with van der Waals surface area (Å²) in [4.78, 5) is 5.06. The van der Waals surface area contributed by atoms with Gasteiger partial charge >= 0.3 is 0 Å². The van der Waals surface area contributed by atoms with E-state index in [1.807, 2.05) is 6.08 Å². The second-order valence-electron chi connectivity index (χ2n) is 5.11. The van der Waals surface area contributed by atoms with Crippen LogP contribution in [-0.4, -0.2) is 61.2 Å². The summed E-state index contributed by atoms with van der Waals surface area (Å²) in [6.45, 7) is 15.0. The highest BCUT2D eigenvalue weighted by Gasteiger charge is 2.28. The van der Waals surface area contributed by atoms with Gasteiger partial charge in [-0.05, 0) is 27.8 Å². The lowest BCUT2D eigenvalue weighted by Gasteiger charge is -2.44. The Hall–Kier alpha value is -0.380. The van der Waals surface area contributed by atoms with Gasteiger partial charge in [0.25, 0.3) is 0 Å². The highest BCUT2D eigenvalue weighted by Crippen LogP contribution is 2.15. The van der Waals surface area contributed by atoms with Crippen molar-refractivity contribution in [1.29, 1.82) is 0 Å². The molecule has 0 aliphatic carbocycles. The van der Waals surface area contributed by atoms with Gasteiger partial charge in [-0.2, -0.15) is 0 Å². The molecule has 16 heavy (non-hydrogen) atoms. The van der Waals surface area contributed by atoms with Crippen LogP contribution in [0.15, 0.2) is 12.7 Å². The first-order valence-corrected chi connectivity index (χ1v) is 6.33. The molecule has 94 valence electrons. The summed E-state index contributed by atoms with van der Waals surface area (Å²) in [5.41, 5.74) is 0. The molecule has 0 spiro atoms. The Balaban J connectivity index is 2.38. The maximum atomic E-state index is 3.72. The van der Waals surface area contributed by atoms with E-state index in [4.69, 9.17) is 0 Å². The van der Waals surface area contributed by atoms with Crippen molar-refractivity contribution in [3.05, 3.63) is 12.7 Å². The van der Waals surface area contributed by atoms with E-state index in [2.05, 4.69) is 49.5 Å². The van der Waals surface area contributed by atoms with Crippen molar-refractivity contribution >= 4 is 0 Å². The number of piperazine rings is 1. The Bertz CT molecular complexity index is 205. The molecular formula is C13H27N3. The van der Waals surface area contributed by atoms with Crippen LogP contribution in [0.1, 0.15) is 20.8 Å². The fourth-order valence-electron chi connectivity index (χ4n) is 2.33. The van der Waals surface area contributed by atoms with E-state index in [1.165, 1.54) is 13.1 Å². The van der Waals surface area contributed by atoms with E-state index in [0.29, 0.717) is 18.1 Å². The smallest absolute Gasteiger partial charge is 0.0195 e. The van der Waals surface area contributed by atoms with Crippen molar-refractivity contribution in [1.82, 2.24) is 15.1 Å². The third kappa shape index (κ3) is 3.58. The van der Waals surface area contributed by atoms with Gasteiger partial charge in [-0.15, -0.1) is 6.58 Å². The molecule has 1 aliphatic rings. The minimum Gasteiger partial charge on any atom is -0.312 e. The van der Waals surface area contributed by atoms with Crippen LogP contribution in [0.2, 0.25) is 0 Å². The molecule has 3 heteroatoms. The zero-order chi connectivity index (χ0) is 12.1. The van der Waals surface area contributed by atoms with Crippen molar-refractivity contribution in [3.63, 3.8) is 0 Å². The Kier molecular flexibility index (Phi) is 5.46. The molecule has 1 rings (SSSR count). The predicted octanol–water partition coefficient (Wildman–Crippen LogP) is 1.17. The van der Waals surface area contributed by atoms with Crippen molar-refractivity contribution < 1.29 is 0 Å². The molecular weight excluding hydrogens is 198 g/mol. The molecule has 1 saturated heterocycles. The average molecular weight is 225 g/mol. The van der Waals surface area contributed by atoms with E-state index in [-0.39, 0.29) is 0 Å². The lowest BCUT2D eigenvalue weighted by molar-refractivity contribution is 0.0383. The first-order valence-electron chi connectivity index (χ1n) is 6.33. The van der Waals surface area contributed by atoms with E-state index in [0.717, 1.165) is 13.1 Å². The zero-order valence-corrected chi connectivity index (χ0v) is 11.2. The number of likely N-dealkylation sites (N-methyl/N-ethyl adjacent to an activating group) is 1. The van der Waals surface area contributed by atoms with Crippen LogP contribution < -0.4 is 5.32 Å². The first kappa shape index (κ1) is 13.7. The molecule has 0 aromatic carbocycles. The number of nitrogens with one attached hydrogen (secondary N) is 1. The summed E-state index contributed by atoms with van der Waals surface area (Å²) in [5.74, 6) is 0. The van der Waals surface area contributed by atoms with E-state index >= 15 is 0 Å². The van der Waals surface area contributed by atoms with E-state index in [1.54, 1.807) is 0 Å². The zero-order valence-electron chi connectivity index (χ0n) is 11.2. The highest BCUT2D eigenvalue weighted by molar-refractivity contribution is 4.86. The summed E-state index contributed by atoms with van der Waals surface area (Å²) < 4.78 is 0. The first-order chi connectivity index (χ1) is 7.56. The van der Waals surface area contributed by atoms with Crippen LogP contribution in [0.4, 0.5) is 0 Å². The van der Waals surface area contributed by atoms with Gasteiger partial charge < -0.3 is 5.32 Å². The number of hydrogen-bond acceptors (Lipinski definition) is 3. The van der Waals surface area contributed by atoms with Crippen LogP contribution >= 0.6 is 0 Å². The summed E-state index contributed by atoms with van der Waals surface area (Å²) >= 11 is 0. The third-order valence-electron chi connectivity index (χ3n) is 3.74. The van der Waals surface area contributed by atoms with Gasteiger partial charge in [-0.3, -0.25) is 9.80 Å². The molecule has 1 N–H and O–H groups in total. The summed E-state index contributed by atoms with van der Waals surface area (Å²) in [5, 5.41) is 3.40. The number of hydrogen-bond donors (Lipinski definition) is 1. The van der Waals surface area contributed by atoms with Crippen molar-refractivity contribution in [2.75, 3.05) is 33.2 Å². The van der Waals surface area contributed by atoms with Crippen molar-refractivity contribution in [3.8, 4) is 0 Å². The maximum absolute atomic E-state index is 3.72. The third-order valence-corrected chi connectivity index (χ3v) is 3.74. The molecule has 1 fully saturated rings. The van der Waals surface area contributed by atoms with E-state index < -0.39 is 0 Å². The molecule has 0 saturated carbocycles. The number of nitrogens with zero attached hydrogens (tertiary/aromatic N) is 2. The quantitative estimate of drug-likeness (QED) is 0.560. The molecule has 0 amide bonds. The van der Waals surface area contributed by atoms with Crippen molar-refractivity contribution in [2.24, 2.45) is 0 Å². The van der Waals surface area contributed by atoms with Crippen LogP contribution in [-0.2, 0) is 0 Å². The van der Waals surface area contributed by atoms with E-state index in [9.17, 15) is 0 Å². The largest absolute Gasteiger partial charge is 0.312 e. The Morgan fingerprint density at radius 2 is 1.94 bits per heavy atom. The Labute approximate surface area is 100 Å². The highest BCUT2D eigenvalue weighted by atomic mass is 15.3. The molecule has 0 radical (unpaired) electrons. The monoisotopic (exact) mass is 225 g/mol. The summed E-state index contributed by atoms with van der Waals surface area (Å²) in [7, 11) is 2.23. The number of rotatable bonds is 5. The average Bonchev–Trinajstić information content (AvgIpc) is 2.25. The maximum Gasteiger partial charge on any atom is 0.0195 e. The van der Waals surface area contributed by atoms with Crippen molar-refractivity contribution in [2.45, 2.75) is 38.9 Å². The molecule has 0 bridgehead atoms. The van der Waals surface area contributed by atoms with Crippen LogP contribution in [0.5, 0.6) is 0 Å². The van der Waals surface area contributed by atoms with Gasteiger partial charge in [0.05, 0.1) is 0 Å². The predicted molar refractivity (Wildman–Crippen MR) is 70.8 cm³/mol. The minimum absolute atomic E-state index is 0.610. The molecule has 3 unspecified atom stereocenters. The minimum atomic E-state index is 0.610. The van der Waals surface area contributed by atoms with Gasteiger partial charge in [0, 0.05) is 44.3 Å². The second-order valence-corrected chi connectivity index (χ2v) is 5.11. The van der Waals surface area contributed by atoms with Gasteiger partial charge in [0.2, 0.25) is 0 Å². The SMILES string of the molecule is C=CCNCC(C)N1CC(C)N(C)C(C)C1. The van der Waals surface area contributed by atoms with Gasteiger partial charge in [0.15, 0.2) is 0 Å². The molecule has 0 aromatic heterocycles. The fourth-order valence-corrected chi connectivity index (χ4v) is 2.33. The van der Waals surface area contributed by atoms with Gasteiger partial charge in [-0.25, -0.2) is 0 Å². The molecule has 1 heterocycles. The molecule has 3 nitrogen and oxygen atoms in total.